The van der Waals surface area contributed by atoms with Crippen LogP contribution in [0.1, 0.15) is 5.82 Å². The van der Waals surface area contributed by atoms with Crippen molar-refractivity contribution in [2.24, 2.45) is 0 Å². The van der Waals surface area contributed by atoms with Crippen LogP contribution in [0.25, 0.3) is 16.9 Å². The van der Waals surface area contributed by atoms with Gasteiger partial charge in [-0.3, -0.25) is 0 Å². The second kappa shape index (κ2) is 7.05. The van der Waals surface area contributed by atoms with Gasteiger partial charge in [0.05, 0.1) is 5.69 Å². The monoisotopic (exact) mass is 378 g/mol. The molecule has 7 nitrogen and oxygen atoms in total. The third-order valence-electron chi connectivity index (χ3n) is 3.92. The fourth-order valence-corrected chi connectivity index (χ4v) is 2.86. The van der Waals surface area contributed by atoms with Gasteiger partial charge in [0.2, 0.25) is 0 Å². The number of hydrogen-bond acceptors (Lipinski definition) is 4. The van der Waals surface area contributed by atoms with E-state index in [-0.39, 0.29) is 6.03 Å². The Labute approximate surface area is 160 Å². The fraction of sp³-hybridized carbons (Fsp3) is 0.0526. The van der Waals surface area contributed by atoms with Crippen LogP contribution in [0.15, 0.2) is 60.7 Å². The highest BCUT2D eigenvalue weighted by atomic mass is 35.5. The van der Waals surface area contributed by atoms with Crippen LogP contribution in [0.4, 0.5) is 16.2 Å². The number of aryl methyl sites for hydroxylation is 1. The Kier molecular flexibility index (Phi) is 4.43. The van der Waals surface area contributed by atoms with E-state index in [4.69, 9.17) is 11.6 Å². The summed E-state index contributed by atoms with van der Waals surface area (Å²) >= 11 is 5.93. The molecule has 4 aromatic rings. The number of aromatic nitrogens is 4. The van der Waals surface area contributed by atoms with Crippen molar-refractivity contribution < 1.29 is 4.79 Å². The van der Waals surface area contributed by atoms with Crippen molar-refractivity contribution in [3.05, 3.63) is 71.5 Å². The Morgan fingerprint density at radius 3 is 2.48 bits per heavy atom. The number of carbonyl (C=O) groups is 1. The van der Waals surface area contributed by atoms with Gasteiger partial charge in [0.1, 0.15) is 0 Å². The van der Waals surface area contributed by atoms with Gasteiger partial charge in [0.15, 0.2) is 11.5 Å². The zero-order valence-corrected chi connectivity index (χ0v) is 15.1. The lowest BCUT2D eigenvalue weighted by Gasteiger charge is -2.09. The first-order valence-electron chi connectivity index (χ1n) is 8.21. The molecule has 0 saturated heterocycles. The number of hydrogen-bond donors (Lipinski definition) is 2. The summed E-state index contributed by atoms with van der Waals surface area (Å²) < 4.78 is 1.68. The minimum Gasteiger partial charge on any atom is -0.308 e. The van der Waals surface area contributed by atoms with Gasteiger partial charge in [-0.25, -0.2) is 4.79 Å². The minimum atomic E-state index is -0.354. The normalized spacial score (nSPS) is 10.7. The van der Waals surface area contributed by atoms with Gasteiger partial charge in [0, 0.05) is 22.0 Å². The Morgan fingerprint density at radius 1 is 0.963 bits per heavy atom. The Hall–Kier alpha value is -3.45. The van der Waals surface area contributed by atoms with E-state index in [1.54, 1.807) is 28.8 Å². The highest BCUT2D eigenvalue weighted by Crippen LogP contribution is 2.22. The molecule has 2 aromatic heterocycles. The summed E-state index contributed by atoms with van der Waals surface area (Å²) in [5.41, 5.74) is 3.57. The summed E-state index contributed by atoms with van der Waals surface area (Å²) in [6.07, 6.45) is 0. The quantitative estimate of drug-likeness (QED) is 0.553. The maximum Gasteiger partial charge on any atom is 0.323 e. The molecule has 2 N–H and O–H groups in total. The lowest BCUT2D eigenvalue weighted by molar-refractivity contribution is 0.262. The molecule has 2 heterocycles. The first-order valence-corrected chi connectivity index (χ1v) is 8.59. The predicted octanol–water partition coefficient (Wildman–Crippen LogP) is 4.40. The van der Waals surface area contributed by atoms with E-state index < -0.39 is 0 Å². The van der Waals surface area contributed by atoms with E-state index in [0.717, 1.165) is 11.3 Å². The molecular weight excluding hydrogens is 364 g/mol. The van der Waals surface area contributed by atoms with E-state index in [9.17, 15) is 4.79 Å². The van der Waals surface area contributed by atoms with Gasteiger partial charge in [-0.1, -0.05) is 29.8 Å². The molecule has 0 saturated carbocycles. The lowest BCUT2D eigenvalue weighted by Crippen LogP contribution is -2.19. The zero-order valence-electron chi connectivity index (χ0n) is 14.3. The molecule has 27 heavy (non-hydrogen) atoms. The molecular formula is C19H15ClN6O. The van der Waals surface area contributed by atoms with Crippen molar-refractivity contribution in [2.45, 2.75) is 6.92 Å². The minimum absolute atomic E-state index is 0.354. The van der Waals surface area contributed by atoms with Crippen molar-refractivity contribution in [3.8, 4) is 11.3 Å². The van der Waals surface area contributed by atoms with Gasteiger partial charge in [-0.05, 0) is 49.4 Å². The van der Waals surface area contributed by atoms with E-state index in [1.165, 1.54) is 0 Å². The number of urea groups is 1. The average molecular weight is 379 g/mol. The molecule has 0 unspecified atom stereocenters. The molecule has 0 aliphatic carbocycles. The third kappa shape index (κ3) is 3.73. The number of anilines is 2. The fourth-order valence-electron chi connectivity index (χ4n) is 2.67. The summed E-state index contributed by atoms with van der Waals surface area (Å²) in [6, 6.07) is 17.8. The molecule has 0 bridgehead atoms. The van der Waals surface area contributed by atoms with Crippen LogP contribution in [-0.2, 0) is 0 Å². The first-order chi connectivity index (χ1) is 13.1. The maximum atomic E-state index is 12.2. The van der Waals surface area contributed by atoms with Crippen LogP contribution >= 0.6 is 11.6 Å². The molecule has 0 aliphatic rings. The number of rotatable bonds is 3. The van der Waals surface area contributed by atoms with Crippen LogP contribution in [0.3, 0.4) is 0 Å². The number of carbonyl (C=O) groups excluding carboxylic acids is 1. The van der Waals surface area contributed by atoms with Gasteiger partial charge in [0.25, 0.3) is 0 Å². The molecule has 134 valence electrons. The number of benzene rings is 2. The third-order valence-corrected chi connectivity index (χ3v) is 4.15. The van der Waals surface area contributed by atoms with Gasteiger partial charge in [-0.2, -0.15) is 9.61 Å². The van der Waals surface area contributed by atoms with Crippen LogP contribution in [0, 0.1) is 6.92 Å². The van der Waals surface area contributed by atoms with E-state index in [2.05, 4.69) is 25.9 Å². The molecule has 0 radical (unpaired) electrons. The van der Waals surface area contributed by atoms with Crippen LogP contribution in [-0.4, -0.2) is 25.8 Å². The van der Waals surface area contributed by atoms with E-state index >= 15 is 0 Å². The summed E-state index contributed by atoms with van der Waals surface area (Å²) in [7, 11) is 0. The van der Waals surface area contributed by atoms with Gasteiger partial charge < -0.3 is 10.6 Å². The maximum absolute atomic E-state index is 12.2. The molecule has 4 rings (SSSR count). The number of fused-ring (bicyclic) bond motifs is 1. The van der Waals surface area contributed by atoms with Crippen LogP contribution < -0.4 is 10.6 Å². The Bertz CT molecular complexity index is 1140. The summed E-state index contributed by atoms with van der Waals surface area (Å²) in [5.74, 6) is 0.710. The van der Waals surface area contributed by atoms with Crippen molar-refractivity contribution >= 4 is 34.7 Å². The number of nitrogens with one attached hydrogen (secondary N) is 2. The SMILES string of the molecule is Cc1nnc2ccc(-c3cccc(NC(=O)Nc4cccc(Cl)c4)c3)nn12. The highest BCUT2D eigenvalue weighted by Gasteiger charge is 2.08. The molecule has 0 fully saturated rings. The van der Waals surface area contributed by atoms with E-state index in [0.29, 0.717) is 27.9 Å². The van der Waals surface area contributed by atoms with Crippen molar-refractivity contribution in [3.63, 3.8) is 0 Å². The number of halogens is 1. The van der Waals surface area contributed by atoms with Crippen molar-refractivity contribution in [2.75, 3.05) is 10.6 Å². The molecule has 0 aliphatic heterocycles. The summed E-state index contributed by atoms with van der Waals surface area (Å²) in [4.78, 5) is 12.2. The number of nitrogens with zero attached hydrogens (tertiary/aromatic N) is 4. The second-order valence-corrected chi connectivity index (χ2v) is 6.34. The zero-order chi connectivity index (χ0) is 18.8. The van der Waals surface area contributed by atoms with Gasteiger partial charge >= 0.3 is 6.03 Å². The van der Waals surface area contributed by atoms with Crippen molar-refractivity contribution in [1.82, 2.24) is 19.8 Å². The highest BCUT2D eigenvalue weighted by molar-refractivity contribution is 6.30. The molecule has 8 heteroatoms. The molecule has 2 amide bonds. The Morgan fingerprint density at radius 2 is 1.70 bits per heavy atom. The topological polar surface area (TPSA) is 84.2 Å². The van der Waals surface area contributed by atoms with E-state index in [1.807, 2.05) is 43.3 Å². The number of amides is 2. The summed E-state index contributed by atoms with van der Waals surface area (Å²) in [5, 5.41) is 18.7. The lowest BCUT2D eigenvalue weighted by atomic mass is 10.1. The molecule has 0 spiro atoms. The van der Waals surface area contributed by atoms with Crippen molar-refractivity contribution in [1.29, 1.82) is 0 Å². The predicted molar refractivity (Wildman–Crippen MR) is 105 cm³/mol. The Balaban J connectivity index is 1.54. The second-order valence-electron chi connectivity index (χ2n) is 5.91. The average Bonchev–Trinajstić information content (AvgIpc) is 3.02. The molecule has 2 aromatic carbocycles. The van der Waals surface area contributed by atoms with Crippen LogP contribution in [0.5, 0.6) is 0 Å². The smallest absolute Gasteiger partial charge is 0.308 e. The standard InChI is InChI=1S/C19H15ClN6O/c1-12-23-24-18-9-8-17(25-26(12)18)13-4-2-6-15(10-13)21-19(27)22-16-7-3-5-14(20)11-16/h2-11H,1H3,(H2,21,22,27). The molecule has 0 atom stereocenters. The van der Waals surface area contributed by atoms with Crippen LogP contribution in [0.2, 0.25) is 5.02 Å². The largest absolute Gasteiger partial charge is 0.323 e. The first kappa shape index (κ1) is 17.0. The van der Waals surface area contributed by atoms with Gasteiger partial charge in [-0.15, -0.1) is 10.2 Å². The summed E-state index contributed by atoms with van der Waals surface area (Å²) in [6.45, 7) is 1.84.